The van der Waals surface area contributed by atoms with Crippen molar-refractivity contribution in [3.63, 3.8) is 0 Å². The van der Waals surface area contributed by atoms with Crippen LogP contribution in [0.1, 0.15) is 30.9 Å². The highest BCUT2D eigenvalue weighted by Gasteiger charge is 2.37. The molecule has 0 spiro atoms. The van der Waals surface area contributed by atoms with Crippen LogP contribution in [0.4, 0.5) is 10.1 Å². The molecule has 146 valence electrons. The summed E-state index contributed by atoms with van der Waals surface area (Å²) in [5.74, 6) is -2.74. The molecule has 0 saturated carbocycles. The monoisotopic (exact) mass is 384 g/mol. The summed E-state index contributed by atoms with van der Waals surface area (Å²) in [5.41, 5.74) is 0.364. The van der Waals surface area contributed by atoms with E-state index in [1.807, 2.05) is 24.3 Å². The van der Waals surface area contributed by atoms with Gasteiger partial charge in [0.1, 0.15) is 5.82 Å². The van der Waals surface area contributed by atoms with E-state index in [9.17, 15) is 23.9 Å². The first-order chi connectivity index (χ1) is 13.3. The first-order valence-corrected chi connectivity index (χ1v) is 8.99. The Kier molecular flexibility index (Phi) is 5.44. The second-order valence-corrected chi connectivity index (χ2v) is 7.07. The van der Waals surface area contributed by atoms with Crippen molar-refractivity contribution < 1.29 is 23.9 Å². The largest absolute Gasteiger partial charge is 0.479 e. The standard InChI is InChI=1S/C21H21FN2O4/c1-21(20(27)28,15-7-9-16(22)10-8-15)24-18(25)11-6-14-12-13-4-2-3-5-17(13)23-19(14)26/h2-5,7-10,14H,6,11-12H2,1H3,(H,23,26)(H,24,25)(H,27,28). The Labute approximate surface area is 161 Å². The summed E-state index contributed by atoms with van der Waals surface area (Å²) < 4.78 is 13.1. The molecule has 2 aromatic rings. The van der Waals surface area contributed by atoms with Crippen molar-refractivity contribution in [2.45, 2.75) is 31.7 Å². The van der Waals surface area contributed by atoms with Gasteiger partial charge in [-0.05, 0) is 49.1 Å². The summed E-state index contributed by atoms with van der Waals surface area (Å²) in [6.07, 6.45) is 0.832. The zero-order valence-electron chi connectivity index (χ0n) is 15.4. The van der Waals surface area contributed by atoms with Crippen LogP contribution in [0.2, 0.25) is 0 Å². The van der Waals surface area contributed by atoms with Crippen molar-refractivity contribution in [1.29, 1.82) is 0 Å². The minimum absolute atomic E-state index is 0.00428. The molecule has 28 heavy (non-hydrogen) atoms. The third kappa shape index (κ3) is 4.03. The molecule has 0 saturated heterocycles. The van der Waals surface area contributed by atoms with Crippen LogP contribution < -0.4 is 10.6 Å². The van der Waals surface area contributed by atoms with Crippen molar-refractivity contribution in [1.82, 2.24) is 5.32 Å². The number of benzene rings is 2. The van der Waals surface area contributed by atoms with Crippen LogP contribution in [0, 0.1) is 11.7 Å². The fourth-order valence-corrected chi connectivity index (χ4v) is 3.33. The summed E-state index contributed by atoms with van der Waals surface area (Å²) >= 11 is 0. The minimum Gasteiger partial charge on any atom is -0.479 e. The van der Waals surface area contributed by atoms with Gasteiger partial charge in [-0.2, -0.15) is 0 Å². The molecule has 7 heteroatoms. The first-order valence-electron chi connectivity index (χ1n) is 8.99. The molecule has 2 aromatic carbocycles. The molecule has 6 nitrogen and oxygen atoms in total. The molecule has 0 fully saturated rings. The SMILES string of the molecule is CC(NC(=O)CCC1Cc2ccccc2NC1=O)(C(=O)O)c1ccc(F)cc1. The first kappa shape index (κ1) is 19.5. The minimum atomic E-state index is -1.69. The molecule has 2 amide bonds. The van der Waals surface area contributed by atoms with Gasteiger partial charge in [-0.15, -0.1) is 0 Å². The molecule has 1 aliphatic heterocycles. The van der Waals surface area contributed by atoms with Gasteiger partial charge >= 0.3 is 5.97 Å². The average Bonchev–Trinajstić information content (AvgIpc) is 2.66. The van der Waals surface area contributed by atoms with E-state index in [1.165, 1.54) is 19.1 Å². The quantitative estimate of drug-likeness (QED) is 0.714. The maximum absolute atomic E-state index is 13.1. The van der Waals surface area contributed by atoms with Crippen molar-refractivity contribution >= 4 is 23.5 Å². The van der Waals surface area contributed by atoms with Gasteiger partial charge in [0, 0.05) is 18.0 Å². The van der Waals surface area contributed by atoms with Gasteiger partial charge in [-0.1, -0.05) is 30.3 Å². The number of rotatable bonds is 6. The van der Waals surface area contributed by atoms with E-state index in [2.05, 4.69) is 10.6 Å². The van der Waals surface area contributed by atoms with Crippen LogP contribution in [-0.4, -0.2) is 22.9 Å². The predicted octanol–water partition coefficient (Wildman–Crippen LogP) is 2.83. The number of carbonyl (C=O) groups is 3. The third-order valence-electron chi connectivity index (χ3n) is 5.07. The number of halogens is 1. The lowest BCUT2D eigenvalue weighted by Gasteiger charge is -2.28. The molecule has 0 bridgehead atoms. The summed E-state index contributed by atoms with van der Waals surface area (Å²) in [6, 6.07) is 12.4. The van der Waals surface area contributed by atoms with Crippen LogP contribution in [0.3, 0.4) is 0 Å². The van der Waals surface area contributed by atoms with Crippen LogP contribution >= 0.6 is 0 Å². The van der Waals surface area contributed by atoms with Gasteiger partial charge in [-0.3, -0.25) is 9.59 Å². The van der Waals surface area contributed by atoms with E-state index in [0.717, 1.165) is 23.4 Å². The van der Waals surface area contributed by atoms with Gasteiger partial charge in [0.2, 0.25) is 11.8 Å². The fourth-order valence-electron chi connectivity index (χ4n) is 3.33. The third-order valence-corrected chi connectivity index (χ3v) is 5.07. The molecule has 1 aliphatic rings. The molecule has 3 N–H and O–H groups in total. The van der Waals surface area contributed by atoms with Crippen LogP contribution in [0.5, 0.6) is 0 Å². The van der Waals surface area contributed by atoms with Crippen LogP contribution in [0.15, 0.2) is 48.5 Å². The van der Waals surface area contributed by atoms with Crippen molar-refractivity contribution in [3.05, 3.63) is 65.5 Å². The number of fused-ring (bicyclic) bond motifs is 1. The van der Waals surface area contributed by atoms with Crippen molar-refractivity contribution in [2.24, 2.45) is 5.92 Å². The number of hydrogen-bond donors (Lipinski definition) is 3. The Morgan fingerprint density at radius 2 is 1.89 bits per heavy atom. The molecule has 0 aliphatic carbocycles. The van der Waals surface area contributed by atoms with Gasteiger partial charge in [-0.25, -0.2) is 9.18 Å². The van der Waals surface area contributed by atoms with E-state index in [1.54, 1.807) is 0 Å². The number of aliphatic carboxylic acids is 1. The molecule has 0 radical (unpaired) electrons. The maximum Gasteiger partial charge on any atom is 0.333 e. The summed E-state index contributed by atoms with van der Waals surface area (Å²) in [7, 11) is 0. The Morgan fingerprint density at radius 3 is 2.57 bits per heavy atom. The second kappa shape index (κ2) is 7.80. The molecule has 0 aromatic heterocycles. The average molecular weight is 384 g/mol. The van der Waals surface area contributed by atoms with E-state index in [-0.39, 0.29) is 23.8 Å². The number of hydrogen-bond acceptors (Lipinski definition) is 3. The number of para-hydroxylation sites is 1. The van der Waals surface area contributed by atoms with E-state index in [4.69, 9.17) is 0 Å². The number of amides is 2. The molecular weight excluding hydrogens is 363 g/mol. The predicted molar refractivity (Wildman–Crippen MR) is 101 cm³/mol. The molecule has 2 atom stereocenters. The number of anilines is 1. The number of carboxylic acid groups (broad SMARTS) is 1. The van der Waals surface area contributed by atoms with Gasteiger partial charge in [0.05, 0.1) is 0 Å². The topological polar surface area (TPSA) is 95.5 Å². The van der Waals surface area contributed by atoms with Gasteiger partial charge < -0.3 is 15.7 Å². The lowest BCUT2D eigenvalue weighted by Crippen LogP contribution is -2.49. The molecule has 3 rings (SSSR count). The van der Waals surface area contributed by atoms with E-state index in [0.29, 0.717) is 12.8 Å². The Bertz CT molecular complexity index is 913. The van der Waals surface area contributed by atoms with E-state index >= 15 is 0 Å². The van der Waals surface area contributed by atoms with Gasteiger partial charge in [0.15, 0.2) is 5.54 Å². The van der Waals surface area contributed by atoms with Crippen molar-refractivity contribution in [2.75, 3.05) is 5.32 Å². The summed E-state index contributed by atoms with van der Waals surface area (Å²) in [5, 5.41) is 14.9. The summed E-state index contributed by atoms with van der Waals surface area (Å²) in [4.78, 5) is 36.4. The molecule has 2 unspecified atom stereocenters. The number of carboxylic acids is 1. The normalized spacial score (nSPS) is 17.8. The summed E-state index contributed by atoms with van der Waals surface area (Å²) in [6.45, 7) is 1.35. The Balaban J connectivity index is 1.65. The zero-order valence-corrected chi connectivity index (χ0v) is 15.4. The highest BCUT2D eigenvalue weighted by Crippen LogP contribution is 2.28. The van der Waals surface area contributed by atoms with Gasteiger partial charge in [0.25, 0.3) is 0 Å². The lowest BCUT2D eigenvalue weighted by atomic mass is 9.88. The van der Waals surface area contributed by atoms with Crippen molar-refractivity contribution in [3.8, 4) is 0 Å². The van der Waals surface area contributed by atoms with E-state index < -0.39 is 23.2 Å². The van der Waals surface area contributed by atoms with Crippen LogP contribution in [-0.2, 0) is 26.3 Å². The Hall–Kier alpha value is -3.22. The fraction of sp³-hybridized carbons (Fsp3) is 0.286. The molecule has 1 heterocycles. The zero-order chi connectivity index (χ0) is 20.3. The second-order valence-electron chi connectivity index (χ2n) is 7.07. The number of carbonyl (C=O) groups excluding carboxylic acids is 2. The Morgan fingerprint density at radius 1 is 1.21 bits per heavy atom. The maximum atomic E-state index is 13.1. The smallest absolute Gasteiger partial charge is 0.333 e. The lowest BCUT2D eigenvalue weighted by molar-refractivity contribution is -0.147. The van der Waals surface area contributed by atoms with Crippen LogP contribution in [0.25, 0.3) is 0 Å². The highest BCUT2D eigenvalue weighted by molar-refractivity contribution is 5.96. The number of nitrogens with one attached hydrogen (secondary N) is 2. The highest BCUT2D eigenvalue weighted by atomic mass is 19.1. The molecular formula is C21H21FN2O4.